The summed E-state index contributed by atoms with van der Waals surface area (Å²) in [6, 6.07) is 27.1. The third-order valence-electron chi connectivity index (χ3n) is 26.9. The van der Waals surface area contributed by atoms with E-state index in [-0.39, 0.29) is 47.8 Å². The van der Waals surface area contributed by atoms with Gasteiger partial charge in [-0.3, -0.25) is 40.1 Å². The molecule has 42 heteroatoms. The Morgan fingerprint density at radius 3 is 1.12 bits per heavy atom. The smallest absolute Gasteiger partial charge is 0.240 e. The van der Waals surface area contributed by atoms with E-state index in [0.29, 0.717) is 156 Å². The summed E-state index contributed by atoms with van der Waals surface area (Å²) in [4.78, 5) is 57.5. The Labute approximate surface area is 853 Å². The van der Waals surface area contributed by atoms with Crippen molar-refractivity contribution in [3.05, 3.63) is 273 Å². The summed E-state index contributed by atoms with van der Waals surface area (Å²) in [5, 5.41) is 68.7. The number of likely N-dealkylation sites (tertiary alicyclic amines) is 4. The number of aliphatic hydroxyl groups is 1. The van der Waals surface area contributed by atoms with Crippen molar-refractivity contribution in [3.8, 4) is 0 Å². The number of aryl methyl sites for hydroxylation is 11. The van der Waals surface area contributed by atoms with Crippen molar-refractivity contribution < 1.29 is 27.3 Å². The van der Waals surface area contributed by atoms with Crippen LogP contribution in [-0.2, 0) is 26.1 Å². The number of rotatable bonds is 27. The van der Waals surface area contributed by atoms with Gasteiger partial charge in [-0.25, -0.2) is 38.1 Å². The monoisotopic (exact) mass is 2040 g/mol. The van der Waals surface area contributed by atoms with E-state index in [4.69, 9.17) is 55.4 Å². The summed E-state index contributed by atoms with van der Waals surface area (Å²) in [6.45, 7) is 31.7. The van der Waals surface area contributed by atoms with Crippen LogP contribution in [0.15, 0.2) is 131 Å². The lowest BCUT2D eigenvalue weighted by molar-refractivity contribution is 0.0618. The maximum Gasteiger partial charge on any atom is 0.240 e. The molecule has 20 rings (SSSR count). The molecule has 0 amide bonds. The highest BCUT2D eigenvalue weighted by molar-refractivity contribution is 6.34. The van der Waals surface area contributed by atoms with Crippen molar-refractivity contribution in [1.82, 2.24) is 126 Å². The van der Waals surface area contributed by atoms with Gasteiger partial charge >= 0.3 is 0 Å². The summed E-state index contributed by atoms with van der Waals surface area (Å²) < 4.78 is 56.1. The van der Waals surface area contributed by atoms with Crippen LogP contribution in [0.2, 0.25) is 20.1 Å². The quantitative estimate of drug-likeness (QED) is 0.0227. The minimum absolute atomic E-state index is 0.121. The maximum atomic E-state index is 15.3. The first-order valence-corrected chi connectivity index (χ1v) is 50.1. The Morgan fingerprint density at radius 1 is 0.375 bits per heavy atom. The number of H-pyrrole nitrogens is 4. The molecule has 15 aromatic rings. The molecular weight excluding hydrogens is 1920 g/mol. The zero-order chi connectivity index (χ0) is 101. The van der Waals surface area contributed by atoms with Gasteiger partial charge in [-0.15, -0.1) is 0 Å². The molecule has 0 radical (unpaired) electrons. The molecule has 144 heavy (non-hydrogen) atoms. The molecule has 5 aliphatic rings. The molecule has 4 aromatic carbocycles. The van der Waals surface area contributed by atoms with Gasteiger partial charge in [0.2, 0.25) is 29.6 Å². The highest BCUT2D eigenvalue weighted by Gasteiger charge is 2.33. The predicted octanol–water partition coefficient (Wildman–Crippen LogP) is 21.8. The minimum Gasteiger partial charge on any atom is -0.393 e. The van der Waals surface area contributed by atoms with Crippen molar-refractivity contribution in [2.45, 2.75) is 215 Å². The summed E-state index contributed by atoms with van der Waals surface area (Å²) in [5.74, 6) is 8.80. The molecular formula is C102H119Cl4F3N32O3. The van der Waals surface area contributed by atoms with Crippen LogP contribution in [0.4, 0.5) is 94.6 Å². The molecule has 0 bridgehead atoms. The van der Waals surface area contributed by atoms with Crippen molar-refractivity contribution in [3.63, 3.8) is 0 Å². The first-order chi connectivity index (χ1) is 69.5. The Kier molecular flexibility index (Phi) is 33.5. The third-order valence-corrected chi connectivity index (χ3v) is 28.0. The summed E-state index contributed by atoms with van der Waals surface area (Å²) in [5.41, 5.74) is 17.3. The van der Waals surface area contributed by atoms with Crippen molar-refractivity contribution >= 4 is 128 Å². The topological polar surface area (TPSA) is 426 Å². The van der Waals surface area contributed by atoms with Crippen LogP contribution in [0.3, 0.4) is 0 Å². The van der Waals surface area contributed by atoms with E-state index in [0.717, 1.165) is 203 Å². The van der Waals surface area contributed by atoms with Gasteiger partial charge in [0.05, 0.1) is 55.4 Å². The number of aliphatic hydroxyl groups excluding tert-OH is 1. The lowest BCUT2D eigenvalue weighted by Gasteiger charge is -2.40. The van der Waals surface area contributed by atoms with Crippen molar-refractivity contribution in [2.75, 3.05) is 89.6 Å². The molecule has 4 aliphatic heterocycles. The number of nitrogens with one attached hydrogen (secondary N) is 11. The summed E-state index contributed by atoms with van der Waals surface area (Å²) in [7, 11) is 0. The van der Waals surface area contributed by atoms with E-state index in [9.17, 15) is 5.11 Å². The second-order valence-corrected chi connectivity index (χ2v) is 39.5. The number of hydrogen-bond donors (Lipinski definition) is 12. The molecule has 11 aromatic heterocycles. The number of aromatic amines is 4. The number of pyridine rings is 1. The number of aromatic nitrogens is 21. The van der Waals surface area contributed by atoms with Crippen LogP contribution in [0.25, 0.3) is 0 Å². The van der Waals surface area contributed by atoms with Crippen LogP contribution in [0.5, 0.6) is 0 Å². The van der Waals surface area contributed by atoms with E-state index in [1.165, 1.54) is 35.3 Å². The molecule has 35 nitrogen and oxygen atoms in total. The number of piperidine rings is 4. The van der Waals surface area contributed by atoms with Gasteiger partial charge in [0.15, 0.2) is 58.2 Å². The highest BCUT2D eigenvalue weighted by Crippen LogP contribution is 2.42. The van der Waals surface area contributed by atoms with Gasteiger partial charge in [-0.05, 0) is 333 Å². The Bertz CT molecular complexity index is 6670. The normalized spacial score (nSPS) is 16.5. The average molecular weight is 2040 g/mol. The standard InChI is InChI=1S/C27H34ClFN6O.C26H28ClFN8.C25H30ClN9O.C24H27ClFN9O/c1-16-11-19(13-25-30-15-23(28)27(31-25)32-26-12-17(2)33-34-26)24(29)14-22(16)18-7-9-35(10-8-18)20-3-5-21(36)6-4-20;1-16-10-23(31-26-30-14-21(27)25(33-26)32-24-11-17(2)34-35-24)22(28)12-20(16)19-5-8-36(9-6-19)15-18-4-3-7-29-13-18;1-14-10-21(29-25-27-12-20(26)24(31-25)30-22-11-16(3)32-33-22)15(2)9-19(14)18-5-7-35(8-6-18)13-23-28-17(4)34-36-23;1-13-8-20(29-24-27-11-18(25)23(31-24)30-21-9-14(2)32-33-21)19(26)10-17(13)16-4-6-35(7-5-16)12-22-28-15(3)34-36-22/h11-12,14-15,18,20-21,36H,3-10,13H2,1-2H3,(H2,30,31,32,33,34);3-4,7,10-14,19H,5-6,8-9,15H2,1-2H3,(H3,30,31,32,33,34,35);9-12,18H,5-8,13H2,1-4H3,(H3,27,29,30,31,32,33);8-11,16H,4-7,12H2,1-3H3,(H3,27,29,30,31,32,33). The zero-order valence-corrected chi connectivity index (χ0v) is 85.3. The minimum atomic E-state index is -0.352. The van der Waals surface area contributed by atoms with Gasteiger partial charge in [0.25, 0.3) is 0 Å². The van der Waals surface area contributed by atoms with Crippen molar-refractivity contribution in [1.29, 1.82) is 0 Å². The van der Waals surface area contributed by atoms with E-state index in [1.54, 1.807) is 36.7 Å². The van der Waals surface area contributed by atoms with Gasteiger partial charge in [0.1, 0.15) is 43.4 Å². The molecule has 1 aliphatic carbocycles. The van der Waals surface area contributed by atoms with E-state index in [2.05, 4.69) is 202 Å². The fourth-order valence-corrected chi connectivity index (χ4v) is 20.0. The molecule has 4 saturated heterocycles. The lowest BCUT2D eigenvalue weighted by atomic mass is 9.84. The summed E-state index contributed by atoms with van der Waals surface area (Å²) in [6.07, 6.45) is 22.0. The summed E-state index contributed by atoms with van der Waals surface area (Å²) >= 11 is 25.1. The predicted molar refractivity (Wildman–Crippen MR) is 552 cm³/mol. The second kappa shape index (κ2) is 47.1. The number of benzene rings is 4. The Morgan fingerprint density at radius 2 is 0.736 bits per heavy atom. The first kappa shape index (κ1) is 102. The molecule has 754 valence electrons. The van der Waals surface area contributed by atoms with E-state index < -0.39 is 0 Å². The lowest BCUT2D eigenvalue weighted by Crippen LogP contribution is -2.43. The van der Waals surface area contributed by atoms with Crippen LogP contribution in [0, 0.1) is 93.6 Å². The van der Waals surface area contributed by atoms with Gasteiger partial charge < -0.3 is 56.3 Å². The van der Waals surface area contributed by atoms with Crippen LogP contribution in [-0.4, -0.2) is 195 Å². The van der Waals surface area contributed by atoms with Gasteiger partial charge in [-0.1, -0.05) is 74.9 Å². The number of nitrogens with zero attached hydrogens (tertiary/aromatic N) is 21. The molecule has 0 spiro atoms. The zero-order valence-electron chi connectivity index (χ0n) is 82.3. The van der Waals surface area contributed by atoms with E-state index >= 15 is 13.2 Å². The average Bonchev–Trinajstić information content (AvgIpc) is 1.29. The maximum absolute atomic E-state index is 15.3. The molecule has 15 heterocycles. The third kappa shape index (κ3) is 27.1. The number of hydrogen-bond acceptors (Lipinski definition) is 31. The largest absolute Gasteiger partial charge is 0.393 e. The molecule has 1 saturated carbocycles. The Balaban J connectivity index is 0.000000132. The first-order valence-electron chi connectivity index (χ1n) is 48.6. The molecule has 5 fully saturated rings. The number of halogens is 7. The van der Waals surface area contributed by atoms with Crippen LogP contribution >= 0.6 is 46.4 Å². The fourth-order valence-electron chi connectivity index (χ4n) is 19.4. The SMILES string of the molecule is Cc1cc(Nc2nc(Cc3cc(C)c(C4CCN(C5CCC(O)CC5)CC4)cc3F)ncc2Cl)n[nH]1.Cc1cc(Nc2nc(Nc3cc(C)c(C4CCN(Cc5cccnc5)CC4)cc3F)ncc2Cl)n[nH]1.Cc1noc(CN2CCC(c3cc(C)c(Nc4ncc(Cl)c(Nc5cc(C)[nH]n5)n4)cc3C)CC2)n1.Cc1noc(CN2CCC(c3cc(F)c(Nc4ncc(Cl)c(Nc5cc(C)[nH]n5)n4)cc3C)CC2)n1. The fraction of sp³-hybridized carbons (Fsp3) is 0.402. The van der Waals surface area contributed by atoms with Gasteiger partial charge in [-0.2, -0.15) is 45.3 Å². The van der Waals surface area contributed by atoms with Gasteiger partial charge in [0, 0.05) is 84.1 Å². The highest BCUT2D eigenvalue weighted by atomic mass is 35.5. The molecule has 12 N–H and O–H groups in total. The van der Waals surface area contributed by atoms with Crippen molar-refractivity contribution in [2.24, 2.45) is 0 Å². The molecule has 0 unspecified atom stereocenters. The molecule has 0 atom stereocenters. The number of anilines is 14. The van der Waals surface area contributed by atoms with Crippen LogP contribution < -0.4 is 37.2 Å². The van der Waals surface area contributed by atoms with E-state index in [1.807, 2.05) is 104 Å². The Hall–Kier alpha value is -13.2. The second-order valence-electron chi connectivity index (χ2n) is 37.9. The van der Waals surface area contributed by atoms with Crippen LogP contribution in [0.1, 0.15) is 214 Å².